The lowest BCUT2D eigenvalue weighted by atomic mass is 9.98. The van der Waals surface area contributed by atoms with Crippen LogP contribution in [0.15, 0.2) is 24.3 Å². The molecule has 4 heteroatoms. The molecule has 1 N–H and O–H groups in total. The predicted molar refractivity (Wildman–Crippen MR) is 80.3 cm³/mol. The predicted octanol–water partition coefficient (Wildman–Crippen LogP) is 4.73. The summed E-state index contributed by atoms with van der Waals surface area (Å²) in [5.41, 5.74) is 1.74. The number of rotatable bonds is 5. The van der Waals surface area contributed by atoms with Gasteiger partial charge in [-0.1, -0.05) is 6.92 Å². The molecule has 1 atom stereocenters. The van der Waals surface area contributed by atoms with Gasteiger partial charge in [0.15, 0.2) is 0 Å². The molecule has 0 aliphatic heterocycles. The first-order valence-corrected chi connectivity index (χ1v) is 7.59. The van der Waals surface area contributed by atoms with Gasteiger partial charge in [0.25, 0.3) is 0 Å². The Morgan fingerprint density at radius 1 is 1.10 bits per heavy atom. The third-order valence-electron chi connectivity index (χ3n) is 3.21. The summed E-state index contributed by atoms with van der Waals surface area (Å²) in [6, 6.07) is 5.65. The SMILES string of the molecule is CCCNC(c1cc(F)cc(F)c1)c1cc(C)sc1C. The van der Waals surface area contributed by atoms with Crippen molar-refractivity contribution in [3.05, 3.63) is 56.8 Å². The molecule has 2 rings (SSSR count). The topological polar surface area (TPSA) is 12.0 Å². The average molecular weight is 295 g/mol. The molecule has 1 heterocycles. The quantitative estimate of drug-likeness (QED) is 0.840. The van der Waals surface area contributed by atoms with Crippen LogP contribution in [0.2, 0.25) is 0 Å². The fourth-order valence-electron chi connectivity index (χ4n) is 2.37. The summed E-state index contributed by atoms with van der Waals surface area (Å²) in [5, 5.41) is 3.38. The zero-order valence-corrected chi connectivity index (χ0v) is 12.8. The van der Waals surface area contributed by atoms with Gasteiger partial charge in [-0.15, -0.1) is 11.3 Å². The zero-order chi connectivity index (χ0) is 14.7. The van der Waals surface area contributed by atoms with E-state index in [1.807, 2.05) is 13.8 Å². The number of nitrogens with one attached hydrogen (secondary N) is 1. The average Bonchev–Trinajstić information content (AvgIpc) is 2.68. The first-order chi connectivity index (χ1) is 9.51. The van der Waals surface area contributed by atoms with Crippen LogP contribution in [0, 0.1) is 25.5 Å². The molecule has 1 aromatic carbocycles. The van der Waals surface area contributed by atoms with Crippen molar-refractivity contribution in [2.45, 2.75) is 33.2 Å². The number of hydrogen-bond acceptors (Lipinski definition) is 2. The fraction of sp³-hybridized carbons (Fsp3) is 0.375. The number of hydrogen-bond donors (Lipinski definition) is 1. The monoisotopic (exact) mass is 295 g/mol. The van der Waals surface area contributed by atoms with Crippen molar-refractivity contribution >= 4 is 11.3 Å². The summed E-state index contributed by atoms with van der Waals surface area (Å²) in [7, 11) is 0. The maximum Gasteiger partial charge on any atom is 0.126 e. The summed E-state index contributed by atoms with van der Waals surface area (Å²) >= 11 is 1.71. The summed E-state index contributed by atoms with van der Waals surface area (Å²) in [4.78, 5) is 2.39. The largest absolute Gasteiger partial charge is 0.306 e. The van der Waals surface area contributed by atoms with Crippen LogP contribution in [0.1, 0.15) is 40.3 Å². The van der Waals surface area contributed by atoms with Gasteiger partial charge in [0.05, 0.1) is 6.04 Å². The zero-order valence-electron chi connectivity index (χ0n) is 12.0. The van der Waals surface area contributed by atoms with E-state index in [9.17, 15) is 8.78 Å². The van der Waals surface area contributed by atoms with E-state index >= 15 is 0 Å². The lowest BCUT2D eigenvalue weighted by Crippen LogP contribution is -2.23. The molecule has 0 aliphatic carbocycles. The maximum atomic E-state index is 13.5. The van der Waals surface area contributed by atoms with E-state index in [-0.39, 0.29) is 6.04 Å². The first kappa shape index (κ1) is 15.1. The van der Waals surface area contributed by atoms with Crippen LogP contribution in [0.3, 0.4) is 0 Å². The van der Waals surface area contributed by atoms with E-state index < -0.39 is 11.6 Å². The minimum Gasteiger partial charge on any atom is -0.306 e. The van der Waals surface area contributed by atoms with Gasteiger partial charge in [-0.3, -0.25) is 0 Å². The first-order valence-electron chi connectivity index (χ1n) is 6.77. The van der Waals surface area contributed by atoms with E-state index in [1.54, 1.807) is 11.3 Å². The molecule has 1 aromatic heterocycles. The fourth-order valence-corrected chi connectivity index (χ4v) is 3.34. The number of halogens is 2. The lowest BCUT2D eigenvalue weighted by Gasteiger charge is -2.19. The highest BCUT2D eigenvalue weighted by Gasteiger charge is 2.18. The van der Waals surface area contributed by atoms with Crippen LogP contribution in [-0.2, 0) is 0 Å². The third-order valence-corrected chi connectivity index (χ3v) is 4.19. The van der Waals surface area contributed by atoms with Crippen LogP contribution in [0.25, 0.3) is 0 Å². The molecule has 0 saturated carbocycles. The van der Waals surface area contributed by atoms with Gasteiger partial charge in [0, 0.05) is 15.8 Å². The Hall–Kier alpha value is -1.26. The second-order valence-corrected chi connectivity index (χ2v) is 6.42. The van der Waals surface area contributed by atoms with Crippen LogP contribution in [-0.4, -0.2) is 6.54 Å². The van der Waals surface area contributed by atoms with E-state index in [0.29, 0.717) is 5.56 Å². The van der Waals surface area contributed by atoms with Gasteiger partial charge < -0.3 is 5.32 Å². The highest BCUT2D eigenvalue weighted by Crippen LogP contribution is 2.31. The number of aryl methyl sites for hydroxylation is 2. The highest BCUT2D eigenvalue weighted by atomic mass is 32.1. The van der Waals surface area contributed by atoms with E-state index in [1.165, 1.54) is 21.9 Å². The Balaban J connectivity index is 2.43. The molecule has 1 nitrogen and oxygen atoms in total. The van der Waals surface area contributed by atoms with Crippen molar-refractivity contribution < 1.29 is 8.78 Å². The van der Waals surface area contributed by atoms with Crippen molar-refractivity contribution in [2.24, 2.45) is 0 Å². The summed E-state index contributed by atoms with van der Waals surface area (Å²) < 4.78 is 26.9. The molecular formula is C16H19F2NS. The van der Waals surface area contributed by atoms with Crippen LogP contribution >= 0.6 is 11.3 Å². The van der Waals surface area contributed by atoms with Crippen LogP contribution < -0.4 is 5.32 Å². The molecule has 0 fully saturated rings. The Bertz CT molecular complexity index is 572. The molecule has 2 aromatic rings. The van der Waals surface area contributed by atoms with Crippen LogP contribution in [0.5, 0.6) is 0 Å². The van der Waals surface area contributed by atoms with Gasteiger partial charge >= 0.3 is 0 Å². The molecule has 20 heavy (non-hydrogen) atoms. The van der Waals surface area contributed by atoms with E-state index in [0.717, 1.165) is 24.6 Å². The van der Waals surface area contributed by atoms with E-state index in [4.69, 9.17) is 0 Å². The second-order valence-electron chi connectivity index (χ2n) is 4.96. The van der Waals surface area contributed by atoms with Crippen molar-refractivity contribution in [2.75, 3.05) is 6.54 Å². The molecule has 0 radical (unpaired) electrons. The van der Waals surface area contributed by atoms with Crippen molar-refractivity contribution in [3.8, 4) is 0 Å². The summed E-state index contributed by atoms with van der Waals surface area (Å²) in [5.74, 6) is -1.07. The Morgan fingerprint density at radius 2 is 1.75 bits per heavy atom. The Morgan fingerprint density at radius 3 is 2.25 bits per heavy atom. The number of thiophene rings is 1. The standard InChI is InChI=1S/C16H19F2NS/c1-4-5-19-16(15-6-10(2)20-11(15)3)12-7-13(17)9-14(18)8-12/h6-9,16,19H,4-5H2,1-3H3. The smallest absolute Gasteiger partial charge is 0.126 e. The molecule has 0 spiro atoms. The normalized spacial score (nSPS) is 12.7. The molecule has 1 unspecified atom stereocenters. The Labute approximate surface area is 122 Å². The number of benzene rings is 1. The van der Waals surface area contributed by atoms with Crippen molar-refractivity contribution in [1.82, 2.24) is 5.32 Å². The van der Waals surface area contributed by atoms with Crippen LogP contribution in [0.4, 0.5) is 8.78 Å². The van der Waals surface area contributed by atoms with Gasteiger partial charge in [0.1, 0.15) is 11.6 Å². The molecule has 0 aliphatic rings. The van der Waals surface area contributed by atoms with Gasteiger partial charge in [-0.2, -0.15) is 0 Å². The minimum absolute atomic E-state index is 0.162. The third kappa shape index (κ3) is 3.44. The van der Waals surface area contributed by atoms with E-state index in [2.05, 4.69) is 18.3 Å². The van der Waals surface area contributed by atoms with Crippen molar-refractivity contribution in [3.63, 3.8) is 0 Å². The minimum atomic E-state index is -0.534. The summed E-state index contributed by atoms with van der Waals surface area (Å²) in [6.45, 7) is 6.96. The van der Waals surface area contributed by atoms with Crippen molar-refractivity contribution in [1.29, 1.82) is 0 Å². The van der Waals surface area contributed by atoms with Gasteiger partial charge in [-0.05, 0) is 56.1 Å². The maximum absolute atomic E-state index is 13.5. The van der Waals surface area contributed by atoms with Gasteiger partial charge in [-0.25, -0.2) is 8.78 Å². The lowest BCUT2D eigenvalue weighted by molar-refractivity contribution is 0.558. The molecule has 108 valence electrons. The summed E-state index contributed by atoms with van der Waals surface area (Å²) in [6.07, 6.45) is 0.969. The molecule has 0 amide bonds. The molecule has 0 bridgehead atoms. The second kappa shape index (κ2) is 6.46. The molecule has 0 saturated heterocycles. The van der Waals surface area contributed by atoms with Gasteiger partial charge in [0.2, 0.25) is 0 Å². The Kier molecular flexibility index (Phi) is 4.89. The highest BCUT2D eigenvalue weighted by molar-refractivity contribution is 7.12. The molecular weight excluding hydrogens is 276 g/mol.